The second-order valence-corrected chi connectivity index (χ2v) is 8.17. The lowest BCUT2D eigenvalue weighted by molar-refractivity contribution is -0.159. The molecule has 0 aliphatic heterocycles. The van der Waals surface area contributed by atoms with Gasteiger partial charge in [0.05, 0.1) is 6.04 Å². The Kier molecular flexibility index (Phi) is 6.26. The summed E-state index contributed by atoms with van der Waals surface area (Å²) in [5.41, 5.74) is 0.373. The second kappa shape index (κ2) is 8.43. The van der Waals surface area contributed by atoms with Crippen LogP contribution in [0.15, 0.2) is 22.4 Å². The van der Waals surface area contributed by atoms with Gasteiger partial charge in [0.1, 0.15) is 18.2 Å². The molecule has 0 aromatic heterocycles. The average molecular weight is 348 g/mol. The molecule has 0 aromatic rings. The molecule has 1 N–H and O–H groups in total. The summed E-state index contributed by atoms with van der Waals surface area (Å²) in [6.07, 6.45) is 10.1. The summed E-state index contributed by atoms with van der Waals surface area (Å²) >= 11 is 0. The van der Waals surface area contributed by atoms with E-state index in [9.17, 15) is 9.90 Å². The van der Waals surface area contributed by atoms with Crippen LogP contribution in [-0.2, 0) is 9.53 Å². The number of aliphatic hydroxyl groups excluding tert-OH is 1. The number of hydrogen-bond donors (Lipinski definition) is 1. The third-order valence-corrected chi connectivity index (χ3v) is 6.22. The van der Waals surface area contributed by atoms with Crippen LogP contribution in [0.2, 0.25) is 0 Å². The van der Waals surface area contributed by atoms with E-state index < -0.39 is 18.2 Å². The number of carbonyl (C=O) groups is 1. The molecule has 0 bridgehead atoms. The first kappa shape index (κ1) is 18.6. The highest BCUT2D eigenvalue weighted by Crippen LogP contribution is 2.43. The van der Waals surface area contributed by atoms with Crippen molar-refractivity contribution in [3.05, 3.63) is 12.2 Å². The number of azo groups is 1. The topological polar surface area (TPSA) is 71.2 Å². The maximum absolute atomic E-state index is 11.9. The highest BCUT2D eigenvalue weighted by atomic mass is 16.6. The van der Waals surface area contributed by atoms with Crippen LogP contribution in [0, 0.1) is 11.8 Å². The number of aliphatic hydroxyl groups is 1. The van der Waals surface area contributed by atoms with Gasteiger partial charge < -0.3 is 9.84 Å². The Bertz CT molecular complexity index is 513. The minimum atomic E-state index is -0.755. The Balaban J connectivity index is 1.72. The van der Waals surface area contributed by atoms with Crippen molar-refractivity contribution in [1.29, 1.82) is 0 Å². The SMILES string of the molecule is C=C(C)C(=O)OC1CC2CCCCC2C(N=NC2CCCCC2)C1O. The molecule has 5 nitrogen and oxygen atoms in total. The number of esters is 1. The van der Waals surface area contributed by atoms with Gasteiger partial charge in [0.25, 0.3) is 0 Å². The van der Waals surface area contributed by atoms with Gasteiger partial charge >= 0.3 is 5.97 Å². The number of carbonyl (C=O) groups excluding carboxylic acids is 1. The van der Waals surface area contributed by atoms with Crippen LogP contribution in [0.4, 0.5) is 0 Å². The first-order valence-electron chi connectivity index (χ1n) is 10.0. The van der Waals surface area contributed by atoms with Crippen LogP contribution in [0.5, 0.6) is 0 Å². The molecule has 0 saturated heterocycles. The lowest BCUT2D eigenvalue weighted by Crippen LogP contribution is -2.52. The maximum Gasteiger partial charge on any atom is 0.333 e. The van der Waals surface area contributed by atoms with E-state index in [1.807, 2.05) is 0 Å². The molecule has 0 aromatic carbocycles. The molecule has 0 heterocycles. The molecule has 3 saturated carbocycles. The van der Waals surface area contributed by atoms with Gasteiger partial charge in [-0.3, -0.25) is 0 Å². The number of rotatable bonds is 4. The van der Waals surface area contributed by atoms with E-state index in [-0.39, 0.29) is 6.04 Å². The van der Waals surface area contributed by atoms with Crippen LogP contribution in [-0.4, -0.2) is 35.4 Å². The fourth-order valence-electron chi connectivity index (χ4n) is 4.77. The summed E-state index contributed by atoms with van der Waals surface area (Å²) in [6.45, 7) is 5.29. The molecule has 3 rings (SSSR count). The summed E-state index contributed by atoms with van der Waals surface area (Å²) in [4.78, 5) is 11.9. The van der Waals surface area contributed by atoms with Crippen molar-refractivity contribution in [2.75, 3.05) is 0 Å². The van der Waals surface area contributed by atoms with E-state index in [0.29, 0.717) is 23.5 Å². The fourth-order valence-corrected chi connectivity index (χ4v) is 4.77. The monoisotopic (exact) mass is 348 g/mol. The molecule has 0 spiro atoms. The summed E-state index contributed by atoms with van der Waals surface area (Å²) in [7, 11) is 0. The van der Waals surface area contributed by atoms with E-state index >= 15 is 0 Å². The van der Waals surface area contributed by atoms with Gasteiger partial charge in [-0.2, -0.15) is 10.2 Å². The largest absolute Gasteiger partial charge is 0.456 e. The minimum absolute atomic E-state index is 0.233. The normalized spacial score (nSPS) is 36.8. The number of nitrogens with zero attached hydrogens (tertiary/aromatic N) is 2. The molecule has 5 atom stereocenters. The van der Waals surface area contributed by atoms with Crippen molar-refractivity contribution < 1.29 is 14.6 Å². The van der Waals surface area contributed by atoms with Crippen molar-refractivity contribution in [2.24, 2.45) is 22.1 Å². The predicted molar refractivity (Wildman–Crippen MR) is 96.3 cm³/mol. The predicted octanol–water partition coefficient (Wildman–Crippen LogP) is 4.20. The fraction of sp³-hybridized carbons (Fsp3) is 0.850. The molecular formula is C20H32N2O3. The molecule has 140 valence electrons. The Hall–Kier alpha value is -1.23. The zero-order valence-electron chi connectivity index (χ0n) is 15.4. The van der Waals surface area contributed by atoms with E-state index in [4.69, 9.17) is 4.74 Å². The zero-order chi connectivity index (χ0) is 17.8. The first-order valence-corrected chi connectivity index (χ1v) is 10.0. The smallest absolute Gasteiger partial charge is 0.333 e. The zero-order valence-corrected chi connectivity index (χ0v) is 15.4. The van der Waals surface area contributed by atoms with Crippen molar-refractivity contribution >= 4 is 5.97 Å². The summed E-state index contributed by atoms with van der Waals surface area (Å²) in [5.74, 6) is 0.424. The van der Waals surface area contributed by atoms with Crippen molar-refractivity contribution in [1.82, 2.24) is 0 Å². The summed E-state index contributed by atoms with van der Waals surface area (Å²) in [5, 5.41) is 20.1. The van der Waals surface area contributed by atoms with Gasteiger partial charge in [-0.1, -0.05) is 38.7 Å². The van der Waals surface area contributed by atoms with Gasteiger partial charge in [0.2, 0.25) is 0 Å². The van der Waals surface area contributed by atoms with Gasteiger partial charge in [0.15, 0.2) is 0 Å². The van der Waals surface area contributed by atoms with Crippen molar-refractivity contribution in [2.45, 2.75) is 95.4 Å². The third kappa shape index (κ3) is 4.49. The van der Waals surface area contributed by atoms with Gasteiger partial charge in [0, 0.05) is 5.57 Å². The van der Waals surface area contributed by atoms with Crippen LogP contribution >= 0.6 is 0 Å². The van der Waals surface area contributed by atoms with Gasteiger partial charge in [-0.05, 0) is 50.9 Å². The third-order valence-electron chi connectivity index (χ3n) is 6.22. The van der Waals surface area contributed by atoms with Crippen LogP contribution in [0.1, 0.15) is 71.1 Å². The number of fused-ring (bicyclic) bond motifs is 1. The quantitative estimate of drug-likeness (QED) is 0.470. The highest BCUT2D eigenvalue weighted by Gasteiger charge is 2.46. The number of ether oxygens (including phenoxy) is 1. The van der Waals surface area contributed by atoms with E-state index in [1.165, 1.54) is 32.1 Å². The van der Waals surface area contributed by atoms with Crippen molar-refractivity contribution in [3.63, 3.8) is 0 Å². The first-order chi connectivity index (χ1) is 12.1. The van der Waals surface area contributed by atoms with Crippen LogP contribution in [0.3, 0.4) is 0 Å². The maximum atomic E-state index is 11.9. The molecule has 5 heteroatoms. The molecule has 0 amide bonds. The molecule has 3 fully saturated rings. The molecular weight excluding hydrogens is 316 g/mol. The highest BCUT2D eigenvalue weighted by molar-refractivity contribution is 5.87. The summed E-state index contributed by atoms with van der Waals surface area (Å²) in [6, 6.07) is 0.0743. The van der Waals surface area contributed by atoms with E-state index in [2.05, 4.69) is 16.8 Å². The number of hydrogen-bond acceptors (Lipinski definition) is 5. The van der Waals surface area contributed by atoms with Crippen molar-refractivity contribution in [3.8, 4) is 0 Å². The minimum Gasteiger partial charge on any atom is -0.456 e. The standard InChI is InChI=1S/C20H32N2O3/c1-13(2)20(24)25-17-12-14-8-6-7-11-16(14)18(19(17)23)22-21-15-9-4-3-5-10-15/h14-19,23H,1,3-12H2,2H3. The second-order valence-electron chi connectivity index (χ2n) is 8.17. The molecule has 3 aliphatic carbocycles. The molecule has 25 heavy (non-hydrogen) atoms. The van der Waals surface area contributed by atoms with E-state index in [0.717, 1.165) is 32.1 Å². The lowest BCUT2D eigenvalue weighted by atomic mass is 9.66. The Morgan fingerprint density at radius 2 is 1.72 bits per heavy atom. The van der Waals surface area contributed by atoms with Crippen LogP contribution in [0.25, 0.3) is 0 Å². The Morgan fingerprint density at radius 1 is 1.04 bits per heavy atom. The summed E-state index contributed by atoms with van der Waals surface area (Å²) < 4.78 is 5.55. The molecule has 0 radical (unpaired) electrons. The van der Waals surface area contributed by atoms with Gasteiger partial charge in [-0.25, -0.2) is 4.79 Å². The Morgan fingerprint density at radius 3 is 2.44 bits per heavy atom. The molecule has 5 unspecified atom stereocenters. The van der Waals surface area contributed by atoms with Gasteiger partial charge in [-0.15, -0.1) is 0 Å². The Labute approximate surface area is 150 Å². The molecule has 3 aliphatic rings. The lowest BCUT2D eigenvalue weighted by Gasteiger charge is -2.45. The van der Waals surface area contributed by atoms with Crippen LogP contribution < -0.4 is 0 Å². The average Bonchev–Trinajstić information content (AvgIpc) is 2.62. The van der Waals surface area contributed by atoms with E-state index in [1.54, 1.807) is 6.92 Å².